The van der Waals surface area contributed by atoms with Crippen molar-refractivity contribution in [3.63, 3.8) is 0 Å². The Morgan fingerprint density at radius 2 is 1.46 bits per heavy atom. The predicted molar refractivity (Wildman–Crippen MR) is 113 cm³/mol. The first-order valence-electron chi connectivity index (χ1n) is 8.95. The van der Waals surface area contributed by atoms with Crippen LogP contribution in [0.3, 0.4) is 0 Å². The summed E-state index contributed by atoms with van der Waals surface area (Å²) in [6, 6.07) is 19.8. The van der Waals surface area contributed by atoms with Crippen molar-refractivity contribution in [2.45, 2.75) is 6.54 Å². The number of anilines is 1. The van der Waals surface area contributed by atoms with Gasteiger partial charge in [0.2, 0.25) is 5.88 Å². The number of nitrogens with zero attached hydrogens (tertiary/aromatic N) is 1. The van der Waals surface area contributed by atoms with E-state index in [1.165, 1.54) is 0 Å². The quantitative estimate of drug-likeness (QED) is 0.567. The van der Waals surface area contributed by atoms with Crippen LogP contribution in [-0.2, 0) is 6.54 Å². The number of benzene rings is 2. The summed E-state index contributed by atoms with van der Waals surface area (Å²) in [6.45, 7) is 0.635. The van der Waals surface area contributed by atoms with Gasteiger partial charge < -0.3 is 19.5 Å². The molecule has 1 heterocycles. The zero-order valence-electron chi connectivity index (χ0n) is 16.3. The summed E-state index contributed by atoms with van der Waals surface area (Å²) in [4.78, 5) is 4.40. The predicted octanol–water partition coefficient (Wildman–Crippen LogP) is 4.89. The van der Waals surface area contributed by atoms with Crippen molar-refractivity contribution in [2.24, 2.45) is 0 Å². The lowest BCUT2D eigenvalue weighted by Crippen LogP contribution is -2.02. The Morgan fingerprint density at radius 1 is 0.786 bits per heavy atom. The third-order valence-electron chi connectivity index (χ3n) is 4.22. The van der Waals surface area contributed by atoms with Crippen LogP contribution in [0.2, 0.25) is 0 Å². The van der Waals surface area contributed by atoms with Crippen LogP contribution in [-0.4, -0.2) is 26.3 Å². The highest BCUT2D eigenvalue weighted by Crippen LogP contribution is 2.24. The van der Waals surface area contributed by atoms with Crippen molar-refractivity contribution in [3.8, 4) is 17.4 Å². The van der Waals surface area contributed by atoms with Crippen LogP contribution in [0.15, 0.2) is 60.7 Å². The van der Waals surface area contributed by atoms with Crippen LogP contribution in [0.4, 0.5) is 5.69 Å². The number of hydrogen-bond acceptors (Lipinski definition) is 5. The van der Waals surface area contributed by atoms with Gasteiger partial charge in [0.05, 0.1) is 33.6 Å². The summed E-state index contributed by atoms with van der Waals surface area (Å²) in [5, 5.41) is 3.37. The average Bonchev–Trinajstić information content (AvgIpc) is 2.76. The Labute approximate surface area is 165 Å². The van der Waals surface area contributed by atoms with Crippen LogP contribution < -0.4 is 19.5 Å². The second-order valence-electron chi connectivity index (χ2n) is 6.13. The van der Waals surface area contributed by atoms with Crippen LogP contribution in [0.5, 0.6) is 17.4 Å². The fraction of sp³-hybridized carbons (Fsp3) is 0.174. The first-order chi connectivity index (χ1) is 13.7. The second-order valence-corrected chi connectivity index (χ2v) is 6.13. The largest absolute Gasteiger partial charge is 0.497 e. The van der Waals surface area contributed by atoms with Gasteiger partial charge in [0, 0.05) is 17.8 Å². The molecule has 0 saturated carbocycles. The van der Waals surface area contributed by atoms with E-state index in [2.05, 4.69) is 28.5 Å². The minimum Gasteiger partial charge on any atom is -0.497 e. The van der Waals surface area contributed by atoms with Crippen LogP contribution in [0.1, 0.15) is 16.8 Å². The standard InChI is InChI=1S/C23H24N2O3/c1-26-21-13-18(14-22(15-21)27-2)8-7-17-9-11-19(12-10-17)24-16-20-5-4-6-23(25-20)28-3/h4-15,24H,16H2,1-3H3/b8-7+. The molecule has 0 fully saturated rings. The molecule has 0 atom stereocenters. The monoisotopic (exact) mass is 376 g/mol. The van der Waals surface area contributed by atoms with Gasteiger partial charge in [-0.05, 0) is 41.5 Å². The van der Waals surface area contributed by atoms with Crippen LogP contribution in [0.25, 0.3) is 12.2 Å². The van der Waals surface area contributed by atoms with Gasteiger partial charge in [-0.15, -0.1) is 0 Å². The molecule has 0 saturated heterocycles. The third kappa shape index (κ3) is 5.27. The summed E-state index contributed by atoms with van der Waals surface area (Å²) >= 11 is 0. The zero-order valence-corrected chi connectivity index (χ0v) is 16.3. The molecule has 0 unspecified atom stereocenters. The molecule has 5 nitrogen and oxygen atoms in total. The van der Waals surface area contributed by atoms with E-state index < -0.39 is 0 Å². The third-order valence-corrected chi connectivity index (χ3v) is 4.22. The van der Waals surface area contributed by atoms with E-state index in [0.29, 0.717) is 12.4 Å². The van der Waals surface area contributed by atoms with Gasteiger partial charge in [0.15, 0.2) is 0 Å². The average molecular weight is 376 g/mol. The van der Waals surface area contributed by atoms with Gasteiger partial charge in [-0.25, -0.2) is 4.98 Å². The molecule has 144 valence electrons. The molecule has 0 radical (unpaired) electrons. The molecule has 0 aliphatic carbocycles. The number of rotatable bonds is 8. The molecule has 0 amide bonds. The van der Waals surface area contributed by atoms with Gasteiger partial charge in [0.25, 0.3) is 0 Å². The molecule has 5 heteroatoms. The first-order valence-corrected chi connectivity index (χ1v) is 8.95. The summed E-state index contributed by atoms with van der Waals surface area (Å²) in [5.74, 6) is 2.16. The van der Waals surface area contributed by atoms with Crippen molar-refractivity contribution in [2.75, 3.05) is 26.6 Å². The van der Waals surface area contributed by atoms with Gasteiger partial charge >= 0.3 is 0 Å². The fourth-order valence-corrected chi connectivity index (χ4v) is 2.69. The summed E-state index contributed by atoms with van der Waals surface area (Å²) in [7, 11) is 4.91. The van der Waals surface area contributed by atoms with E-state index in [9.17, 15) is 0 Å². The van der Waals surface area contributed by atoms with Gasteiger partial charge in [0.1, 0.15) is 11.5 Å². The molecule has 3 rings (SSSR count). The Morgan fingerprint density at radius 3 is 2.11 bits per heavy atom. The summed E-state index contributed by atoms with van der Waals surface area (Å²) < 4.78 is 15.8. The van der Waals surface area contributed by atoms with E-state index in [4.69, 9.17) is 14.2 Å². The molecule has 1 N–H and O–H groups in total. The Kier molecular flexibility index (Phi) is 6.52. The number of pyridine rings is 1. The highest BCUT2D eigenvalue weighted by molar-refractivity contribution is 5.71. The zero-order chi connectivity index (χ0) is 19.8. The molecule has 0 aliphatic rings. The summed E-state index contributed by atoms with van der Waals surface area (Å²) in [6.07, 6.45) is 4.09. The Balaban J connectivity index is 1.63. The molecule has 28 heavy (non-hydrogen) atoms. The lowest BCUT2D eigenvalue weighted by Gasteiger charge is -2.08. The molecular weight excluding hydrogens is 352 g/mol. The maximum atomic E-state index is 5.31. The fourth-order valence-electron chi connectivity index (χ4n) is 2.69. The molecule has 3 aromatic rings. The van der Waals surface area contributed by atoms with Gasteiger partial charge in [-0.2, -0.15) is 0 Å². The van der Waals surface area contributed by atoms with E-state index in [0.717, 1.165) is 34.0 Å². The normalized spacial score (nSPS) is 10.7. The summed E-state index contributed by atoms with van der Waals surface area (Å²) in [5.41, 5.74) is 4.08. The van der Waals surface area contributed by atoms with Crippen molar-refractivity contribution in [1.29, 1.82) is 0 Å². The molecule has 1 aromatic heterocycles. The first kappa shape index (κ1) is 19.3. The van der Waals surface area contributed by atoms with Crippen molar-refractivity contribution in [1.82, 2.24) is 4.98 Å². The maximum Gasteiger partial charge on any atom is 0.213 e. The van der Waals surface area contributed by atoms with E-state index in [-0.39, 0.29) is 0 Å². The van der Waals surface area contributed by atoms with Gasteiger partial charge in [-0.1, -0.05) is 30.4 Å². The number of methoxy groups -OCH3 is 3. The number of ether oxygens (including phenoxy) is 3. The molecule has 0 spiro atoms. The molecule has 0 aliphatic heterocycles. The van der Waals surface area contributed by atoms with Crippen molar-refractivity contribution >= 4 is 17.8 Å². The number of aromatic nitrogens is 1. The minimum absolute atomic E-state index is 0.619. The molecular formula is C23H24N2O3. The highest BCUT2D eigenvalue weighted by Gasteiger charge is 2.00. The number of hydrogen-bond donors (Lipinski definition) is 1. The lowest BCUT2D eigenvalue weighted by atomic mass is 10.1. The van der Waals surface area contributed by atoms with Crippen LogP contribution >= 0.6 is 0 Å². The molecule has 2 aromatic carbocycles. The number of nitrogens with one attached hydrogen (secondary N) is 1. The maximum absolute atomic E-state index is 5.31. The Bertz CT molecular complexity index is 915. The van der Waals surface area contributed by atoms with Crippen molar-refractivity contribution < 1.29 is 14.2 Å². The smallest absolute Gasteiger partial charge is 0.213 e. The van der Waals surface area contributed by atoms with E-state index in [1.54, 1.807) is 21.3 Å². The van der Waals surface area contributed by atoms with E-state index in [1.807, 2.05) is 54.6 Å². The lowest BCUT2D eigenvalue weighted by molar-refractivity contribution is 0.394. The second kappa shape index (κ2) is 9.46. The van der Waals surface area contributed by atoms with Gasteiger partial charge in [-0.3, -0.25) is 0 Å². The SMILES string of the molecule is COc1cc(/C=C/c2ccc(NCc3cccc(OC)n3)cc2)cc(OC)c1. The van der Waals surface area contributed by atoms with Crippen LogP contribution in [0, 0.1) is 0 Å². The van der Waals surface area contributed by atoms with Crippen molar-refractivity contribution in [3.05, 3.63) is 77.5 Å². The topological polar surface area (TPSA) is 52.6 Å². The molecule has 0 bridgehead atoms. The minimum atomic E-state index is 0.619. The Hall–Kier alpha value is -3.47. The van der Waals surface area contributed by atoms with E-state index >= 15 is 0 Å². The highest BCUT2D eigenvalue weighted by atomic mass is 16.5.